The average molecular weight is 447 g/mol. The SMILES string of the molecule is CC(=O)Nc1ccc(C(F)(F)F)cc1NC(=O)C1CC(=O)N(c2cccc(C(C)C)c2)C1. The van der Waals surface area contributed by atoms with Gasteiger partial charge in [0.25, 0.3) is 0 Å². The molecule has 0 spiro atoms. The molecule has 3 rings (SSSR count). The molecule has 1 aliphatic rings. The molecule has 2 aromatic carbocycles. The first-order valence-electron chi connectivity index (χ1n) is 10.2. The summed E-state index contributed by atoms with van der Waals surface area (Å²) in [5.74, 6) is -1.80. The summed E-state index contributed by atoms with van der Waals surface area (Å²) in [7, 11) is 0. The predicted octanol–water partition coefficient (Wildman–Crippen LogP) is 4.78. The van der Waals surface area contributed by atoms with Crippen LogP contribution in [0.4, 0.5) is 30.2 Å². The molecule has 9 heteroatoms. The van der Waals surface area contributed by atoms with Gasteiger partial charge in [-0.05, 0) is 41.8 Å². The number of benzene rings is 2. The van der Waals surface area contributed by atoms with E-state index in [1.807, 2.05) is 32.0 Å². The highest BCUT2D eigenvalue weighted by Gasteiger charge is 2.36. The minimum Gasteiger partial charge on any atom is -0.325 e. The van der Waals surface area contributed by atoms with Gasteiger partial charge in [0.15, 0.2) is 0 Å². The second kappa shape index (κ2) is 9.02. The fraction of sp³-hybridized carbons (Fsp3) is 0.348. The largest absolute Gasteiger partial charge is 0.416 e. The zero-order valence-electron chi connectivity index (χ0n) is 17.9. The van der Waals surface area contributed by atoms with E-state index in [4.69, 9.17) is 0 Å². The number of halogens is 3. The zero-order chi connectivity index (χ0) is 23.6. The van der Waals surface area contributed by atoms with Gasteiger partial charge in [0.1, 0.15) is 0 Å². The van der Waals surface area contributed by atoms with E-state index in [0.717, 1.165) is 23.8 Å². The normalized spacial score (nSPS) is 16.4. The second-order valence-corrected chi connectivity index (χ2v) is 8.08. The summed E-state index contributed by atoms with van der Waals surface area (Å²) in [6.45, 7) is 5.38. The fourth-order valence-corrected chi connectivity index (χ4v) is 3.54. The molecule has 0 aromatic heterocycles. The van der Waals surface area contributed by atoms with Gasteiger partial charge in [-0.15, -0.1) is 0 Å². The Morgan fingerprint density at radius 3 is 2.41 bits per heavy atom. The van der Waals surface area contributed by atoms with Crippen LogP contribution in [-0.2, 0) is 20.6 Å². The van der Waals surface area contributed by atoms with E-state index < -0.39 is 29.5 Å². The van der Waals surface area contributed by atoms with Gasteiger partial charge in [-0.3, -0.25) is 14.4 Å². The summed E-state index contributed by atoms with van der Waals surface area (Å²) in [6.07, 6.45) is -4.68. The molecule has 1 atom stereocenters. The van der Waals surface area contributed by atoms with Crippen LogP contribution in [0.25, 0.3) is 0 Å². The van der Waals surface area contributed by atoms with Crippen molar-refractivity contribution in [1.29, 1.82) is 0 Å². The summed E-state index contributed by atoms with van der Waals surface area (Å²) >= 11 is 0. The van der Waals surface area contributed by atoms with Crippen molar-refractivity contribution in [2.24, 2.45) is 5.92 Å². The molecule has 170 valence electrons. The Balaban J connectivity index is 1.81. The smallest absolute Gasteiger partial charge is 0.325 e. The van der Waals surface area contributed by atoms with Gasteiger partial charge in [-0.25, -0.2) is 0 Å². The summed E-state index contributed by atoms with van der Waals surface area (Å²) in [5, 5.41) is 4.87. The molecule has 3 amide bonds. The molecule has 2 aromatic rings. The molecule has 1 saturated heterocycles. The van der Waals surface area contributed by atoms with E-state index in [1.54, 1.807) is 6.07 Å². The monoisotopic (exact) mass is 447 g/mol. The lowest BCUT2D eigenvalue weighted by atomic mass is 10.0. The quantitative estimate of drug-likeness (QED) is 0.693. The average Bonchev–Trinajstić information content (AvgIpc) is 3.10. The zero-order valence-corrected chi connectivity index (χ0v) is 17.9. The molecule has 2 N–H and O–H groups in total. The molecule has 0 bridgehead atoms. The predicted molar refractivity (Wildman–Crippen MR) is 115 cm³/mol. The molecule has 32 heavy (non-hydrogen) atoms. The summed E-state index contributed by atoms with van der Waals surface area (Å²) in [4.78, 5) is 38.3. The van der Waals surface area contributed by atoms with Crippen molar-refractivity contribution in [3.05, 3.63) is 53.6 Å². The lowest BCUT2D eigenvalue weighted by molar-refractivity contribution is -0.137. The lowest BCUT2D eigenvalue weighted by Crippen LogP contribution is -2.28. The number of hydrogen-bond acceptors (Lipinski definition) is 3. The van der Waals surface area contributed by atoms with Crippen molar-refractivity contribution in [1.82, 2.24) is 0 Å². The van der Waals surface area contributed by atoms with Crippen LogP contribution in [0, 0.1) is 5.92 Å². The van der Waals surface area contributed by atoms with Crippen molar-refractivity contribution >= 4 is 34.8 Å². The second-order valence-electron chi connectivity index (χ2n) is 8.08. The number of hydrogen-bond donors (Lipinski definition) is 2. The molecular formula is C23H24F3N3O3. The van der Waals surface area contributed by atoms with E-state index in [-0.39, 0.29) is 36.2 Å². The molecule has 1 aliphatic heterocycles. The van der Waals surface area contributed by atoms with E-state index >= 15 is 0 Å². The van der Waals surface area contributed by atoms with Crippen molar-refractivity contribution in [2.75, 3.05) is 22.1 Å². The summed E-state index contributed by atoms with van der Waals surface area (Å²) < 4.78 is 39.4. The van der Waals surface area contributed by atoms with Gasteiger partial charge in [-0.2, -0.15) is 13.2 Å². The van der Waals surface area contributed by atoms with Crippen LogP contribution in [0.3, 0.4) is 0 Å². The molecular weight excluding hydrogens is 423 g/mol. The van der Waals surface area contributed by atoms with Crippen LogP contribution in [0.15, 0.2) is 42.5 Å². The van der Waals surface area contributed by atoms with Crippen molar-refractivity contribution in [3.63, 3.8) is 0 Å². The van der Waals surface area contributed by atoms with Gasteiger partial charge in [-0.1, -0.05) is 26.0 Å². The van der Waals surface area contributed by atoms with Crippen LogP contribution >= 0.6 is 0 Å². The Labute approximate surface area is 183 Å². The molecule has 0 saturated carbocycles. The van der Waals surface area contributed by atoms with Crippen LogP contribution in [0.5, 0.6) is 0 Å². The van der Waals surface area contributed by atoms with E-state index in [0.29, 0.717) is 5.69 Å². The minimum atomic E-state index is -4.62. The Kier molecular flexibility index (Phi) is 6.57. The number of alkyl halides is 3. The van der Waals surface area contributed by atoms with Crippen LogP contribution < -0.4 is 15.5 Å². The highest BCUT2D eigenvalue weighted by molar-refractivity contribution is 6.05. The molecule has 1 heterocycles. The number of anilines is 3. The van der Waals surface area contributed by atoms with Crippen LogP contribution in [0.1, 0.15) is 44.2 Å². The lowest BCUT2D eigenvalue weighted by Gasteiger charge is -2.19. The van der Waals surface area contributed by atoms with Crippen LogP contribution in [0.2, 0.25) is 0 Å². The number of amides is 3. The van der Waals surface area contributed by atoms with Crippen molar-refractivity contribution in [2.45, 2.75) is 39.3 Å². The summed E-state index contributed by atoms with van der Waals surface area (Å²) in [6, 6.07) is 10.1. The first kappa shape index (κ1) is 23.3. The van der Waals surface area contributed by atoms with Gasteiger partial charge >= 0.3 is 6.18 Å². The Morgan fingerprint density at radius 2 is 1.78 bits per heavy atom. The van der Waals surface area contributed by atoms with Crippen LogP contribution in [-0.4, -0.2) is 24.3 Å². The fourth-order valence-electron chi connectivity index (χ4n) is 3.54. The van der Waals surface area contributed by atoms with Gasteiger partial charge in [0.05, 0.1) is 22.9 Å². The van der Waals surface area contributed by atoms with Crippen molar-refractivity contribution < 1.29 is 27.6 Å². The number of nitrogens with one attached hydrogen (secondary N) is 2. The molecule has 0 aliphatic carbocycles. The Morgan fingerprint density at radius 1 is 1.06 bits per heavy atom. The molecule has 0 radical (unpaired) electrons. The number of nitrogens with zero attached hydrogens (tertiary/aromatic N) is 1. The summed E-state index contributed by atoms with van der Waals surface area (Å²) in [5.41, 5.74) is 0.635. The minimum absolute atomic E-state index is 0.0460. The highest BCUT2D eigenvalue weighted by atomic mass is 19.4. The molecule has 1 unspecified atom stereocenters. The third-order valence-corrected chi connectivity index (χ3v) is 5.26. The molecule has 1 fully saturated rings. The Hall–Kier alpha value is -3.36. The maximum atomic E-state index is 13.1. The molecule has 6 nitrogen and oxygen atoms in total. The first-order chi connectivity index (χ1) is 15.0. The number of rotatable bonds is 5. The van der Waals surface area contributed by atoms with E-state index in [9.17, 15) is 27.6 Å². The maximum Gasteiger partial charge on any atom is 0.416 e. The topological polar surface area (TPSA) is 78.5 Å². The highest BCUT2D eigenvalue weighted by Crippen LogP contribution is 2.35. The van der Waals surface area contributed by atoms with E-state index in [1.165, 1.54) is 11.8 Å². The maximum absolute atomic E-state index is 13.1. The van der Waals surface area contributed by atoms with Gasteiger partial charge < -0.3 is 15.5 Å². The Bertz CT molecular complexity index is 1050. The number of carbonyl (C=O) groups excluding carboxylic acids is 3. The van der Waals surface area contributed by atoms with E-state index in [2.05, 4.69) is 10.6 Å². The third-order valence-electron chi connectivity index (χ3n) is 5.26. The van der Waals surface area contributed by atoms with Gasteiger partial charge in [0.2, 0.25) is 17.7 Å². The first-order valence-corrected chi connectivity index (χ1v) is 10.2. The number of carbonyl (C=O) groups is 3. The van der Waals surface area contributed by atoms with Gasteiger partial charge in [0, 0.05) is 25.6 Å². The third kappa shape index (κ3) is 5.27. The standard InChI is InChI=1S/C23H24F3N3O3/c1-13(2)15-5-4-6-18(9-15)29-12-16(10-21(29)31)22(32)28-20-11-17(23(24,25)26)7-8-19(20)27-14(3)30/h4-9,11,13,16H,10,12H2,1-3H3,(H,27,30)(H,28,32). The van der Waals surface area contributed by atoms with Crippen molar-refractivity contribution in [3.8, 4) is 0 Å².